The summed E-state index contributed by atoms with van der Waals surface area (Å²) in [4.78, 5) is 3.94. The van der Waals surface area contributed by atoms with E-state index in [1.165, 1.54) is 0 Å². The van der Waals surface area contributed by atoms with Crippen molar-refractivity contribution < 1.29 is 0 Å². The molecule has 0 unspecified atom stereocenters. The molecule has 0 spiro atoms. The largest absolute Gasteiger partial charge is 0.272 e. The smallest absolute Gasteiger partial charge is 0.147 e. The minimum absolute atomic E-state index is 0.00512. The summed E-state index contributed by atoms with van der Waals surface area (Å²) in [6.07, 6.45) is 0.878. The first kappa shape index (κ1) is 6.39. The van der Waals surface area contributed by atoms with Crippen LogP contribution in [0.2, 0.25) is 0 Å². The van der Waals surface area contributed by atoms with Crippen LogP contribution < -0.4 is 0 Å². The van der Waals surface area contributed by atoms with E-state index in [0.29, 0.717) is 0 Å². The molecule has 0 fully saturated rings. The molecule has 0 radical (unpaired) electrons. The maximum atomic E-state index is 4.01. The minimum Gasteiger partial charge on any atom is -0.272 e. The van der Waals surface area contributed by atoms with Gasteiger partial charge in [-0.15, -0.1) is 5.11 Å². The fraction of sp³-hybridized carbons (Fsp3) is 0.833. The summed E-state index contributed by atoms with van der Waals surface area (Å²) in [6, 6.07) is 0. The van der Waals surface area contributed by atoms with Gasteiger partial charge in [0.1, 0.15) is 5.84 Å². The van der Waals surface area contributed by atoms with Gasteiger partial charge in [0.15, 0.2) is 0 Å². The first-order valence-electron chi connectivity index (χ1n) is 3.03. The first-order chi connectivity index (χ1) is 4.14. The predicted molar refractivity (Wildman–Crippen MR) is 36.9 cm³/mol. The molecule has 50 valence electrons. The lowest BCUT2D eigenvalue weighted by Gasteiger charge is -2.07. The molecule has 0 aliphatic carbocycles. The van der Waals surface area contributed by atoms with Crippen molar-refractivity contribution in [3.8, 4) is 0 Å². The van der Waals surface area contributed by atoms with Gasteiger partial charge in [0.05, 0.1) is 5.54 Å². The Morgan fingerprint density at radius 1 is 1.56 bits per heavy atom. The van der Waals surface area contributed by atoms with E-state index in [-0.39, 0.29) is 5.54 Å². The molecule has 0 aromatic heterocycles. The fourth-order valence-corrected chi connectivity index (χ4v) is 0.774. The summed E-state index contributed by atoms with van der Waals surface area (Å²) in [6.45, 7) is 4.10. The van der Waals surface area contributed by atoms with E-state index >= 15 is 0 Å². The van der Waals surface area contributed by atoms with Gasteiger partial charge in [0, 0.05) is 13.5 Å². The second kappa shape index (κ2) is 1.90. The number of amidine groups is 1. The van der Waals surface area contributed by atoms with Crippen molar-refractivity contribution in [2.75, 3.05) is 7.05 Å². The Morgan fingerprint density at radius 3 is 2.44 bits per heavy atom. The third kappa shape index (κ3) is 1.34. The number of azo groups is 1. The Morgan fingerprint density at radius 2 is 2.22 bits per heavy atom. The molecule has 3 nitrogen and oxygen atoms in total. The van der Waals surface area contributed by atoms with Crippen LogP contribution in [-0.2, 0) is 0 Å². The van der Waals surface area contributed by atoms with Gasteiger partial charge in [-0.3, -0.25) is 4.99 Å². The van der Waals surface area contributed by atoms with Gasteiger partial charge >= 0.3 is 0 Å². The van der Waals surface area contributed by atoms with E-state index in [4.69, 9.17) is 0 Å². The topological polar surface area (TPSA) is 37.1 Å². The van der Waals surface area contributed by atoms with E-state index in [1.54, 1.807) is 7.05 Å². The standard InChI is InChI=1S/C6H11N3/c1-6(2)4-5(7-3)8-9-6/h4H2,1-3H3. The van der Waals surface area contributed by atoms with Gasteiger partial charge in [0.25, 0.3) is 0 Å². The second-order valence-electron chi connectivity index (χ2n) is 2.83. The maximum absolute atomic E-state index is 4.01. The summed E-state index contributed by atoms with van der Waals surface area (Å²) in [7, 11) is 1.75. The summed E-state index contributed by atoms with van der Waals surface area (Å²) in [5.41, 5.74) is -0.00512. The lowest BCUT2D eigenvalue weighted by molar-refractivity contribution is 0.551. The normalized spacial score (nSPS) is 27.7. The highest BCUT2D eigenvalue weighted by atomic mass is 15.2. The van der Waals surface area contributed by atoms with Crippen LogP contribution in [0.3, 0.4) is 0 Å². The lowest BCUT2D eigenvalue weighted by Crippen LogP contribution is -2.13. The van der Waals surface area contributed by atoms with Gasteiger partial charge in [-0.1, -0.05) is 0 Å². The first-order valence-corrected chi connectivity index (χ1v) is 3.03. The molecule has 0 aromatic rings. The SMILES string of the molecule is CN=C1CC(C)(C)N=N1. The number of rotatable bonds is 0. The molecule has 9 heavy (non-hydrogen) atoms. The lowest BCUT2D eigenvalue weighted by atomic mass is 10.0. The number of hydrogen-bond donors (Lipinski definition) is 0. The van der Waals surface area contributed by atoms with Gasteiger partial charge in [-0.25, -0.2) is 0 Å². The van der Waals surface area contributed by atoms with Crippen LogP contribution in [-0.4, -0.2) is 18.4 Å². The average molecular weight is 125 g/mol. The minimum atomic E-state index is -0.00512. The van der Waals surface area contributed by atoms with Crippen LogP contribution in [0.25, 0.3) is 0 Å². The second-order valence-corrected chi connectivity index (χ2v) is 2.83. The van der Waals surface area contributed by atoms with E-state index in [0.717, 1.165) is 12.3 Å². The molecule has 3 heteroatoms. The Balaban J connectivity index is 2.71. The summed E-state index contributed by atoms with van der Waals surface area (Å²) in [5, 5.41) is 7.90. The maximum Gasteiger partial charge on any atom is 0.147 e. The number of hydrogen-bond acceptors (Lipinski definition) is 2. The van der Waals surface area contributed by atoms with Crippen molar-refractivity contribution in [1.29, 1.82) is 0 Å². The number of aliphatic imine (C=N–C) groups is 1. The molecule has 1 heterocycles. The Labute approximate surface area is 54.9 Å². The van der Waals surface area contributed by atoms with Crippen LogP contribution >= 0.6 is 0 Å². The van der Waals surface area contributed by atoms with Crippen molar-refractivity contribution >= 4 is 5.84 Å². The highest BCUT2D eigenvalue weighted by Gasteiger charge is 2.24. The zero-order chi connectivity index (χ0) is 6.91. The van der Waals surface area contributed by atoms with Crippen molar-refractivity contribution in [2.45, 2.75) is 25.8 Å². The monoisotopic (exact) mass is 125 g/mol. The third-order valence-electron chi connectivity index (χ3n) is 1.28. The van der Waals surface area contributed by atoms with Gasteiger partial charge in [-0.2, -0.15) is 5.11 Å². The predicted octanol–water partition coefficient (Wildman–Crippen LogP) is 1.65. The van der Waals surface area contributed by atoms with Crippen LogP contribution in [0.5, 0.6) is 0 Å². The summed E-state index contributed by atoms with van der Waals surface area (Å²) in [5.74, 6) is 0.861. The molecule has 1 rings (SSSR count). The Kier molecular flexibility index (Phi) is 1.35. The van der Waals surface area contributed by atoms with E-state index in [9.17, 15) is 0 Å². The van der Waals surface area contributed by atoms with Crippen LogP contribution in [0, 0.1) is 0 Å². The zero-order valence-electron chi connectivity index (χ0n) is 6.05. The Bertz CT molecular complexity index is 167. The van der Waals surface area contributed by atoms with Crippen LogP contribution in [0.1, 0.15) is 20.3 Å². The average Bonchev–Trinajstić information content (AvgIpc) is 2.10. The molecule has 0 bridgehead atoms. The van der Waals surface area contributed by atoms with Crippen LogP contribution in [0.15, 0.2) is 15.2 Å². The van der Waals surface area contributed by atoms with Crippen molar-refractivity contribution in [2.24, 2.45) is 15.2 Å². The molecule has 0 N–H and O–H groups in total. The molecule has 0 atom stereocenters. The molecule has 0 saturated heterocycles. The van der Waals surface area contributed by atoms with E-state index in [2.05, 4.69) is 29.1 Å². The fourth-order valence-electron chi connectivity index (χ4n) is 0.774. The third-order valence-corrected chi connectivity index (χ3v) is 1.28. The molecule has 0 saturated carbocycles. The van der Waals surface area contributed by atoms with Gasteiger partial charge in [0.2, 0.25) is 0 Å². The zero-order valence-corrected chi connectivity index (χ0v) is 6.05. The molecule has 1 aliphatic rings. The van der Waals surface area contributed by atoms with Crippen molar-refractivity contribution in [3.05, 3.63) is 0 Å². The van der Waals surface area contributed by atoms with E-state index < -0.39 is 0 Å². The highest BCUT2D eigenvalue weighted by molar-refractivity contribution is 5.84. The summed E-state index contributed by atoms with van der Waals surface area (Å²) >= 11 is 0. The van der Waals surface area contributed by atoms with E-state index in [1.807, 2.05) is 0 Å². The summed E-state index contributed by atoms with van der Waals surface area (Å²) < 4.78 is 0. The highest BCUT2D eigenvalue weighted by Crippen LogP contribution is 2.22. The van der Waals surface area contributed by atoms with Gasteiger partial charge < -0.3 is 0 Å². The quantitative estimate of drug-likeness (QED) is 0.472. The van der Waals surface area contributed by atoms with Crippen LogP contribution in [0.4, 0.5) is 0 Å². The van der Waals surface area contributed by atoms with Gasteiger partial charge in [-0.05, 0) is 13.8 Å². The molecule has 1 aliphatic heterocycles. The molecule has 0 amide bonds. The molecular formula is C6H11N3. The number of nitrogens with zero attached hydrogens (tertiary/aromatic N) is 3. The molecular weight excluding hydrogens is 114 g/mol. The van der Waals surface area contributed by atoms with Crippen molar-refractivity contribution in [1.82, 2.24) is 0 Å². The van der Waals surface area contributed by atoms with Crippen molar-refractivity contribution in [3.63, 3.8) is 0 Å². The molecule has 0 aromatic carbocycles. The Hall–Kier alpha value is -0.730.